The van der Waals surface area contributed by atoms with Gasteiger partial charge in [-0.2, -0.15) is 0 Å². The molecule has 1 aromatic carbocycles. The van der Waals surface area contributed by atoms with Crippen molar-refractivity contribution < 1.29 is 0 Å². The molecule has 2 heteroatoms. The molecule has 1 aliphatic rings. The van der Waals surface area contributed by atoms with Crippen molar-refractivity contribution in [1.82, 2.24) is 10.2 Å². The third kappa shape index (κ3) is 2.29. The fourth-order valence-corrected chi connectivity index (χ4v) is 1.69. The van der Waals surface area contributed by atoms with E-state index in [-0.39, 0.29) is 0 Å². The van der Waals surface area contributed by atoms with Crippen molar-refractivity contribution in [3.8, 4) is 0 Å². The molecule has 0 saturated carbocycles. The number of rotatable bonds is 3. The number of nitrogens with one attached hydrogen (secondary N) is 1. The minimum Gasteiger partial charge on any atom is -0.307 e. The Morgan fingerprint density at radius 1 is 1.31 bits per heavy atom. The van der Waals surface area contributed by atoms with Crippen molar-refractivity contribution in [1.29, 1.82) is 0 Å². The summed E-state index contributed by atoms with van der Waals surface area (Å²) < 4.78 is 0. The lowest BCUT2D eigenvalue weighted by Crippen LogP contribution is -2.55. The Kier molecular flexibility index (Phi) is 2.62. The zero-order chi connectivity index (χ0) is 9.10. The van der Waals surface area contributed by atoms with E-state index in [0.29, 0.717) is 6.04 Å². The third-order valence-electron chi connectivity index (χ3n) is 2.50. The lowest BCUT2D eigenvalue weighted by molar-refractivity contribution is 0.161. The maximum Gasteiger partial charge on any atom is 0.0325 e. The van der Waals surface area contributed by atoms with Crippen molar-refractivity contribution in [3.05, 3.63) is 35.9 Å². The molecule has 1 aromatic rings. The van der Waals surface area contributed by atoms with E-state index < -0.39 is 0 Å². The lowest BCUT2D eigenvalue weighted by Gasteiger charge is -2.36. The highest BCUT2D eigenvalue weighted by molar-refractivity contribution is 5.14. The smallest absolute Gasteiger partial charge is 0.0325 e. The van der Waals surface area contributed by atoms with Crippen molar-refractivity contribution >= 4 is 0 Å². The van der Waals surface area contributed by atoms with Gasteiger partial charge < -0.3 is 10.2 Å². The van der Waals surface area contributed by atoms with E-state index in [2.05, 4.69) is 47.6 Å². The Morgan fingerprint density at radius 2 is 2.00 bits per heavy atom. The normalized spacial score (nSPS) is 18.5. The average molecular weight is 176 g/mol. The molecule has 0 atom stereocenters. The summed E-state index contributed by atoms with van der Waals surface area (Å²) in [7, 11) is 2.15. The monoisotopic (exact) mass is 176 g/mol. The molecule has 0 bridgehead atoms. The van der Waals surface area contributed by atoms with Crippen LogP contribution in [-0.4, -0.2) is 31.1 Å². The first-order chi connectivity index (χ1) is 6.34. The Bertz CT molecular complexity index is 252. The predicted octanol–water partition coefficient (Wildman–Crippen LogP) is 1.09. The van der Waals surface area contributed by atoms with Crippen LogP contribution in [0.4, 0.5) is 0 Å². The minimum atomic E-state index is 0.699. The number of hydrogen-bond acceptors (Lipinski definition) is 2. The molecule has 1 saturated heterocycles. The van der Waals surface area contributed by atoms with E-state index in [0.717, 1.165) is 6.54 Å². The van der Waals surface area contributed by atoms with E-state index in [1.165, 1.54) is 18.7 Å². The van der Waals surface area contributed by atoms with Gasteiger partial charge in [-0.15, -0.1) is 0 Å². The summed E-state index contributed by atoms with van der Waals surface area (Å²) in [6.45, 7) is 3.37. The quantitative estimate of drug-likeness (QED) is 0.741. The van der Waals surface area contributed by atoms with Crippen LogP contribution in [0.1, 0.15) is 5.56 Å². The van der Waals surface area contributed by atoms with Crippen LogP contribution < -0.4 is 5.32 Å². The van der Waals surface area contributed by atoms with E-state index >= 15 is 0 Å². The number of nitrogens with zero attached hydrogens (tertiary/aromatic N) is 1. The summed E-state index contributed by atoms with van der Waals surface area (Å²) in [5, 5.41) is 3.52. The van der Waals surface area contributed by atoms with Crippen LogP contribution in [0, 0.1) is 0 Å². The van der Waals surface area contributed by atoms with E-state index in [4.69, 9.17) is 0 Å². The highest BCUT2D eigenvalue weighted by atomic mass is 15.2. The van der Waals surface area contributed by atoms with Gasteiger partial charge in [0.2, 0.25) is 0 Å². The molecule has 70 valence electrons. The third-order valence-corrected chi connectivity index (χ3v) is 2.50. The van der Waals surface area contributed by atoms with Gasteiger partial charge in [-0.1, -0.05) is 30.3 Å². The summed E-state index contributed by atoms with van der Waals surface area (Å²) in [5.74, 6) is 0. The van der Waals surface area contributed by atoms with Gasteiger partial charge >= 0.3 is 0 Å². The van der Waals surface area contributed by atoms with Crippen LogP contribution in [0.2, 0.25) is 0 Å². The molecule has 1 fully saturated rings. The number of benzene rings is 1. The van der Waals surface area contributed by atoms with Crippen LogP contribution >= 0.6 is 0 Å². The predicted molar refractivity (Wildman–Crippen MR) is 54.6 cm³/mol. The molecule has 0 unspecified atom stereocenters. The van der Waals surface area contributed by atoms with Gasteiger partial charge in [-0.25, -0.2) is 0 Å². The van der Waals surface area contributed by atoms with Crippen LogP contribution in [0.25, 0.3) is 0 Å². The molecule has 0 aliphatic carbocycles. The van der Waals surface area contributed by atoms with Gasteiger partial charge in [0, 0.05) is 25.7 Å². The number of likely N-dealkylation sites (N-methyl/N-ethyl adjacent to an activating group) is 1. The second-order valence-corrected chi connectivity index (χ2v) is 3.78. The van der Waals surface area contributed by atoms with Gasteiger partial charge in [0.25, 0.3) is 0 Å². The van der Waals surface area contributed by atoms with Crippen LogP contribution in [0.5, 0.6) is 0 Å². The molecular formula is C11H16N2. The van der Waals surface area contributed by atoms with Crippen molar-refractivity contribution in [2.75, 3.05) is 20.1 Å². The summed E-state index contributed by atoms with van der Waals surface area (Å²) in [4.78, 5) is 2.32. The highest BCUT2D eigenvalue weighted by Gasteiger charge is 2.21. The first kappa shape index (κ1) is 8.73. The molecule has 2 rings (SSSR count). The van der Waals surface area contributed by atoms with Crippen LogP contribution in [-0.2, 0) is 6.54 Å². The first-order valence-corrected chi connectivity index (χ1v) is 4.80. The topological polar surface area (TPSA) is 15.3 Å². The highest BCUT2D eigenvalue weighted by Crippen LogP contribution is 2.05. The molecular weight excluding hydrogens is 160 g/mol. The van der Waals surface area contributed by atoms with Gasteiger partial charge in [0.05, 0.1) is 0 Å². The standard InChI is InChI=1S/C11H16N2/c1-13-8-11(9-13)12-7-10-5-3-2-4-6-10/h2-6,11-12H,7-9H2,1H3. The molecule has 0 spiro atoms. The summed E-state index contributed by atoms with van der Waals surface area (Å²) >= 11 is 0. The van der Waals surface area contributed by atoms with Gasteiger partial charge in [-0.05, 0) is 12.6 Å². The second kappa shape index (κ2) is 3.90. The van der Waals surface area contributed by atoms with E-state index in [1.54, 1.807) is 0 Å². The summed E-state index contributed by atoms with van der Waals surface area (Å²) in [6.07, 6.45) is 0. The zero-order valence-electron chi connectivity index (χ0n) is 8.03. The molecule has 1 heterocycles. The van der Waals surface area contributed by atoms with Crippen LogP contribution in [0.15, 0.2) is 30.3 Å². The molecule has 0 amide bonds. The average Bonchev–Trinajstić information content (AvgIpc) is 2.12. The molecule has 2 nitrogen and oxygen atoms in total. The van der Waals surface area contributed by atoms with Crippen LogP contribution in [0.3, 0.4) is 0 Å². The van der Waals surface area contributed by atoms with Gasteiger partial charge in [0.15, 0.2) is 0 Å². The summed E-state index contributed by atoms with van der Waals surface area (Å²) in [5.41, 5.74) is 1.37. The van der Waals surface area contributed by atoms with Gasteiger partial charge in [-0.3, -0.25) is 0 Å². The molecule has 0 aromatic heterocycles. The molecule has 0 radical (unpaired) electrons. The fourth-order valence-electron chi connectivity index (χ4n) is 1.69. The SMILES string of the molecule is CN1CC(NCc2ccccc2)C1. The number of likely N-dealkylation sites (tertiary alicyclic amines) is 1. The maximum absolute atomic E-state index is 3.52. The van der Waals surface area contributed by atoms with Crippen molar-refractivity contribution in [2.24, 2.45) is 0 Å². The molecule has 13 heavy (non-hydrogen) atoms. The van der Waals surface area contributed by atoms with E-state index in [1.807, 2.05) is 0 Å². The fraction of sp³-hybridized carbons (Fsp3) is 0.455. The maximum atomic E-state index is 3.52. The Balaban J connectivity index is 1.74. The molecule has 1 N–H and O–H groups in total. The lowest BCUT2D eigenvalue weighted by atomic mass is 10.1. The first-order valence-electron chi connectivity index (χ1n) is 4.80. The largest absolute Gasteiger partial charge is 0.307 e. The Labute approximate surface area is 79.6 Å². The van der Waals surface area contributed by atoms with Crippen molar-refractivity contribution in [2.45, 2.75) is 12.6 Å². The van der Waals surface area contributed by atoms with E-state index in [9.17, 15) is 0 Å². The second-order valence-electron chi connectivity index (χ2n) is 3.78. The zero-order valence-corrected chi connectivity index (χ0v) is 8.03. The van der Waals surface area contributed by atoms with Crippen molar-refractivity contribution in [3.63, 3.8) is 0 Å². The Hall–Kier alpha value is -0.860. The van der Waals surface area contributed by atoms with Gasteiger partial charge in [0.1, 0.15) is 0 Å². The molecule has 1 aliphatic heterocycles. The Morgan fingerprint density at radius 3 is 2.62 bits per heavy atom. The summed E-state index contributed by atoms with van der Waals surface area (Å²) in [6, 6.07) is 11.3. The number of hydrogen-bond donors (Lipinski definition) is 1. The minimum absolute atomic E-state index is 0.699.